The summed E-state index contributed by atoms with van der Waals surface area (Å²) in [6.07, 6.45) is 0. The number of hydrogen-bond acceptors (Lipinski definition) is 2. The van der Waals surface area contributed by atoms with Crippen molar-refractivity contribution in [1.82, 2.24) is 0 Å². The van der Waals surface area contributed by atoms with Gasteiger partial charge in [0.05, 0.1) is 7.11 Å². The summed E-state index contributed by atoms with van der Waals surface area (Å²) in [5.41, 5.74) is 3.35. The SMILES string of the molecule is COc1ccc(NC(=O)c2cc(Br)ccc2C)c(C)c1. The highest BCUT2D eigenvalue weighted by atomic mass is 79.9. The van der Waals surface area contributed by atoms with Crippen LogP contribution in [0.4, 0.5) is 5.69 Å². The van der Waals surface area contributed by atoms with Crippen LogP contribution in [0.25, 0.3) is 0 Å². The van der Waals surface area contributed by atoms with Crippen LogP contribution in [-0.4, -0.2) is 13.0 Å². The summed E-state index contributed by atoms with van der Waals surface area (Å²) >= 11 is 3.39. The number of hydrogen-bond donors (Lipinski definition) is 1. The Kier molecular flexibility index (Phi) is 4.45. The lowest BCUT2D eigenvalue weighted by Gasteiger charge is -2.11. The smallest absolute Gasteiger partial charge is 0.255 e. The first-order valence-corrected chi connectivity index (χ1v) is 7.02. The van der Waals surface area contributed by atoms with Crippen LogP contribution in [0, 0.1) is 13.8 Å². The molecular weight excluding hydrogens is 318 g/mol. The Morgan fingerprint density at radius 2 is 1.85 bits per heavy atom. The monoisotopic (exact) mass is 333 g/mol. The van der Waals surface area contributed by atoms with Gasteiger partial charge in [0.1, 0.15) is 5.75 Å². The van der Waals surface area contributed by atoms with Crippen LogP contribution in [0.3, 0.4) is 0 Å². The van der Waals surface area contributed by atoms with Gasteiger partial charge in [0.15, 0.2) is 0 Å². The Morgan fingerprint density at radius 1 is 1.10 bits per heavy atom. The molecule has 0 saturated heterocycles. The van der Waals surface area contributed by atoms with Crippen LogP contribution in [-0.2, 0) is 0 Å². The van der Waals surface area contributed by atoms with E-state index in [0.717, 1.165) is 27.0 Å². The van der Waals surface area contributed by atoms with Crippen LogP contribution in [0.2, 0.25) is 0 Å². The molecule has 0 aromatic heterocycles. The van der Waals surface area contributed by atoms with Crippen LogP contribution in [0.15, 0.2) is 40.9 Å². The van der Waals surface area contributed by atoms with Gasteiger partial charge in [-0.3, -0.25) is 4.79 Å². The highest BCUT2D eigenvalue weighted by Crippen LogP contribution is 2.23. The molecule has 0 spiro atoms. The van der Waals surface area contributed by atoms with E-state index in [0.29, 0.717) is 5.56 Å². The first-order valence-electron chi connectivity index (χ1n) is 6.23. The molecule has 2 rings (SSSR count). The summed E-state index contributed by atoms with van der Waals surface area (Å²) in [7, 11) is 1.62. The quantitative estimate of drug-likeness (QED) is 0.907. The molecule has 4 heteroatoms. The molecule has 0 aliphatic rings. The number of anilines is 1. The van der Waals surface area contributed by atoms with E-state index in [9.17, 15) is 4.79 Å². The molecule has 0 heterocycles. The molecule has 2 aromatic carbocycles. The summed E-state index contributed by atoms with van der Waals surface area (Å²) in [5, 5.41) is 2.93. The molecule has 20 heavy (non-hydrogen) atoms. The maximum atomic E-state index is 12.3. The average Bonchev–Trinajstić information content (AvgIpc) is 2.43. The van der Waals surface area contributed by atoms with E-state index < -0.39 is 0 Å². The summed E-state index contributed by atoms with van der Waals surface area (Å²) in [4.78, 5) is 12.3. The third-order valence-corrected chi connectivity index (χ3v) is 3.62. The van der Waals surface area contributed by atoms with Crippen molar-refractivity contribution in [1.29, 1.82) is 0 Å². The molecule has 104 valence electrons. The number of carbonyl (C=O) groups is 1. The number of carbonyl (C=O) groups excluding carboxylic acids is 1. The minimum atomic E-state index is -0.114. The largest absolute Gasteiger partial charge is 0.497 e. The van der Waals surface area contributed by atoms with Gasteiger partial charge in [-0.2, -0.15) is 0 Å². The third-order valence-electron chi connectivity index (χ3n) is 3.13. The zero-order valence-corrected chi connectivity index (χ0v) is 13.2. The lowest BCUT2D eigenvalue weighted by atomic mass is 10.1. The summed E-state index contributed by atoms with van der Waals surface area (Å²) < 4.78 is 6.04. The van der Waals surface area contributed by atoms with Gasteiger partial charge in [-0.1, -0.05) is 22.0 Å². The molecule has 0 atom stereocenters. The first kappa shape index (κ1) is 14.6. The van der Waals surface area contributed by atoms with Crippen LogP contribution >= 0.6 is 15.9 Å². The Balaban J connectivity index is 2.25. The number of benzene rings is 2. The molecule has 2 aromatic rings. The minimum absolute atomic E-state index is 0.114. The van der Waals surface area contributed by atoms with E-state index in [-0.39, 0.29) is 5.91 Å². The van der Waals surface area contributed by atoms with Crippen molar-refractivity contribution in [2.75, 3.05) is 12.4 Å². The van der Waals surface area contributed by atoms with E-state index in [1.807, 2.05) is 50.2 Å². The lowest BCUT2D eigenvalue weighted by molar-refractivity contribution is 0.102. The fourth-order valence-electron chi connectivity index (χ4n) is 1.93. The van der Waals surface area contributed by atoms with Crippen molar-refractivity contribution in [2.45, 2.75) is 13.8 Å². The number of halogens is 1. The topological polar surface area (TPSA) is 38.3 Å². The van der Waals surface area contributed by atoms with Gasteiger partial charge >= 0.3 is 0 Å². The molecule has 3 nitrogen and oxygen atoms in total. The molecule has 0 fully saturated rings. The molecule has 0 aliphatic carbocycles. The minimum Gasteiger partial charge on any atom is -0.497 e. The number of amides is 1. The Morgan fingerprint density at radius 3 is 2.50 bits per heavy atom. The fraction of sp³-hybridized carbons (Fsp3) is 0.188. The highest BCUT2D eigenvalue weighted by molar-refractivity contribution is 9.10. The second-order valence-corrected chi connectivity index (χ2v) is 5.51. The van der Waals surface area contributed by atoms with Gasteiger partial charge in [0, 0.05) is 15.7 Å². The number of aryl methyl sites for hydroxylation is 2. The van der Waals surface area contributed by atoms with Crippen molar-refractivity contribution in [3.8, 4) is 5.75 Å². The zero-order valence-electron chi connectivity index (χ0n) is 11.7. The van der Waals surface area contributed by atoms with Gasteiger partial charge in [0.25, 0.3) is 5.91 Å². The molecule has 0 unspecified atom stereocenters. The van der Waals surface area contributed by atoms with Crippen molar-refractivity contribution in [3.05, 3.63) is 57.6 Å². The van der Waals surface area contributed by atoms with E-state index in [4.69, 9.17) is 4.74 Å². The zero-order chi connectivity index (χ0) is 14.7. The van der Waals surface area contributed by atoms with Gasteiger partial charge < -0.3 is 10.1 Å². The lowest BCUT2D eigenvalue weighted by Crippen LogP contribution is -2.14. The summed E-state index contributed by atoms with van der Waals surface area (Å²) in [5.74, 6) is 0.663. The van der Waals surface area contributed by atoms with Gasteiger partial charge in [-0.05, 0) is 55.3 Å². The van der Waals surface area contributed by atoms with E-state index >= 15 is 0 Å². The Bertz CT molecular complexity index is 653. The van der Waals surface area contributed by atoms with Crippen molar-refractivity contribution in [2.24, 2.45) is 0 Å². The number of ether oxygens (including phenoxy) is 1. The van der Waals surface area contributed by atoms with Crippen LogP contribution in [0.5, 0.6) is 5.75 Å². The van der Waals surface area contributed by atoms with Crippen LogP contribution in [0.1, 0.15) is 21.5 Å². The maximum absolute atomic E-state index is 12.3. The van der Waals surface area contributed by atoms with Crippen molar-refractivity contribution >= 4 is 27.5 Å². The average molecular weight is 334 g/mol. The van der Waals surface area contributed by atoms with Gasteiger partial charge in [-0.15, -0.1) is 0 Å². The first-order chi connectivity index (χ1) is 9.51. The summed E-state index contributed by atoms with van der Waals surface area (Å²) in [6.45, 7) is 3.86. The van der Waals surface area contributed by atoms with E-state index in [1.165, 1.54) is 0 Å². The van der Waals surface area contributed by atoms with Crippen molar-refractivity contribution < 1.29 is 9.53 Å². The number of nitrogens with one attached hydrogen (secondary N) is 1. The molecule has 1 amide bonds. The van der Waals surface area contributed by atoms with Gasteiger partial charge in [0.2, 0.25) is 0 Å². The molecule has 0 aliphatic heterocycles. The summed E-state index contributed by atoms with van der Waals surface area (Å²) in [6, 6.07) is 11.2. The highest BCUT2D eigenvalue weighted by Gasteiger charge is 2.11. The normalized spacial score (nSPS) is 10.2. The van der Waals surface area contributed by atoms with Gasteiger partial charge in [-0.25, -0.2) is 0 Å². The number of methoxy groups -OCH3 is 1. The number of rotatable bonds is 3. The van der Waals surface area contributed by atoms with E-state index in [2.05, 4.69) is 21.2 Å². The molecule has 1 N–H and O–H groups in total. The predicted octanol–water partition coefficient (Wildman–Crippen LogP) is 4.33. The molecular formula is C16H16BrNO2. The Labute approximate surface area is 127 Å². The maximum Gasteiger partial charge on any atom is 0.255 e. The van der Waals surface area contributed by atoms with Crippen molar-refractivity contribution in [3.63, 3.8) is 0 Å². The van der Waals surface area contributed by atoms with Crippen LogP contribution < -0.4 is 10.1 Å². The molecule has 0 radical (unpaired) electrons. The Hall–Kier alpha value is -1.81. The second-order valence-electron chi connectivity index (χ2n) is 4.59. The second kappa shape index (κ2) is 6.09. The standard InChI is InChI=1S/C16H16BrNO2/c1-10-4-5-12(17)9-14(10)16(19)18-15-7-6-13(20-3)8-11(15)2/h4-9H,1-3H3,(H,18,19). The third kappa shape index (κ3) is 3.20. The van der Waals surface area contributed by atoms with E-state index in [1.54, 1.807) is 7.11 Å². The fourth-order valence-corrected chi connectivity index (χ4v) is 2.29. The molecule has 0 saturated carbocycles. The predicted molar refractivity (Wildman–Crippen MR) is 84.6 cm³/mol. The molecule has 0 bridgehead atoms.